The summed E-state index contributed by atoms with van der Waals surface area (Å²) in [6, 6.07) is 15.4. The molecule has 3 aromatic rings. The third kappa shape index (κ3) is 4.61. The highest BCUT2D eigenvalue weighted by Crippen LogP contribution is 2.21. The monoisotopic (exact) mass is 372 g/mol. The SMILES string of the molecule is Cc1ccccc1CNC(=O)CSc1nncn1-c1cccc(Cl)c1. The Morgan fingerprint density at radius 1 is 1.24 bits per heavy atom. The van der Waals surface area contributed by atoms with Crippen molar-refractivity contribution in [1.29, 1.82) is 0 Å². The molecule has 0 unspecified atom stereocenters. The van der Waals surface area contributed by atoms with E-state index in [0.717, 1.165) is 16.8 Å². The molecule has 0 bridgehead atoms. The normalized spacial score (nSPS) is 10.6. The summed E-state index contributed by atoms with van der Waals surface area (Å²) in [6.07, 6.45) is 1.61. The predicted molar refractivity (Wildman–Crippen MR) is 100 cm³/mol. The second-order valence-electron chi connectivity index (χ2n) is 5.46. The average molecular weight is 373 g/mol. The van der Waals surface area contributed by atoms with Crippen molar-refractivity contribution < 1.29 is 4.79 Å². The summed E-state index contributed by atoms with van der Waals surface area (Å²) in [6.45, 7) is 2.55. The summed E-state index contributed by atoms with van der Waals surface area (Å²) in [5, 5.41) is 12.2. The van der Waals surface area contributed by atoms with Crippen LogP contribution >= 0.6 is 23.4 Å². The molecular formula is C18H17ClN4OS. The van der Waals surface area contributed by atoms with Crippen molar-refractivity contribution >= 4 is 29.3 Å². The maximum absolute atomic E-state index is 12.1. The highest BCUT2D eigenvalue weighted by molar-refractivity contribution is 7.99. The first-order valence-electron chi connectivity index (χ1n) is 7.73. The van der Waals surface area contributed by atoms with Crippen LogP contribution in [-0.2, 0) is 11.3 Å². The second kappa shape index (κ2) is 8.18. The van der Waals surface area contributed by atoms with Crippen LogP contribution in [0.1, 0.15) is 11.1 Å². The van der Waals surface area contributed by atoms with Gasteiger partial charge >= 0.3 is 0 Å². The van der Waals surface area contributed by atoms with Crippen LogP contribution in [0.15, 0.2) is 60.0 Å². The summed E-state index contributed by atoms with van der Waals surface area (Å²) >= 11 is 7.36. The van der Waals surface area contributed by atoms with E-state index in [1.807, 2.05) is 54.0 Å². The van der Waals surface area contributed by atoms with Crippen molar-refractivity contribution in [2.75, 3.05) is 5.75 Å². The molecule has 1 aromatic heterocycles. The van der Waals surface area contributed by atoms with E-state index in [4.69, 9.17) is 11.6 Å². The lowest BCUT2D eigenvalue weighted by Gasteiger charge is -2.08. The van der Waals surface area contributed by atoms with E-state index in [0.29, 0.717) is 16.7 Å². The minimum absolute atomic E-state index is 0.0473. The number of rotatable bonds is 6. The van der Waals surface area contributed by atoms with Crippen LogP contribution in [0.2, 0.25) is 5.02 Å². The molecule has 3 rings (SSSR count). The van der Waals surface area contributed by atoms with Crippen LogP contribution in [0.3, 0.4) is 0 Å². The molecule has 1 amide bonds. The van der Waals surface area contributed by atoms with E-state index in [1.54, 1.807) is 12.4 Å². The average Bonchev–Trinajstić information content (AvgIpc) is 3.08. The number of aryl methyl sites for hydroxylation is 1. The van der Waals surface area contributed by atoms with Gasteiger partial charge in [0, 0.05) is 11.6 Å². The maximum Gasteiger partial charge on any atom is 0.230 e. The Bertz CT molecular complexity index is 881. The van der Waals surface area contributed by atoms with Gasteiger partial charge in [-0.3, -0.25) is 9.36 Å². The maximum atomic E-state index is 12.1. The van der Waals surface area contributed by atoms with Crippen molar-refractivity contribution in [2.24, 2.45) is 0 Å². The summed E-state index contributed by atoms with van der Waals surface area (Å²) < 4.78 is 1.81. The summed E-state index contributed by atoms with van der Waals surface area (Å²) in [5.41, 5.74) is 3.14. The number of nitrogens with zero attached hydrogens (tertiary/aromatic N) is 3. The summed E-state index contributed by atoms with van der Waals surface area (Å²) in [4.78, 5) is 12.1. The van der Waals surface area contributed by atoms with Crippen LogP contribution in [0.4, 0.5) is 0 Å². The number of halogens is 1. The molecule has 0 spiro atoms. The molecule has 128 valence electrons. The number of aromatic nitrogens is 3. The molecule has 0 saturated heterocycles. The molecule has 1 heterocycles. The van der Waals surface area contributed by atoms with Crippen molar-refractivity contribution in [1.82, 2.24) is 20.1 Å². The second-order valence-corrected chi connectivity index (χ2v) is 6.83. The molecule has 0 radical (unpaired) electrons. The first kappa shape index (κ1) is 17.5. The lowest BCUT2D eigenvalue weighted by Crippen LogP contribution is -2.25. The topological polar surface area (TPSA) is 59.8 Å². The number of amides is 1. The minimum atomic E-state index is -0.0473. The van der Waals surface area contributed by atoms with Gasteiger partial charge in [0.15, 0.2) is 5.16 Å². The van der Waals surface area contributed by atoms with Crippen LogP contribution in [0.5, 0.6) is 0 Å². The third-order valence-corrected chi connectivity index (χ3v) is 4.85. The van der Waals surface area contributed by atoms with E-state index in [2.05, 4.69) is 15.5 Å². The van der Waals surface area contributed by atoms with Crippen LogP contribution in [0, 0.1) is 6.92 Å². The number of thioether (sulfide) groups is 1. The fraction of sp³-hybridized carbons (Fsp3) is 0.167. The summed E-state index contributed by atoms with van der Waals surface area (Å²) in [7, 11) is 0. The zero-order valence-electron chi connectivity index (χ0n) is 13.6. The number of hydrogen-bond donors (Lipinski definition) is 1. The van der Waals surface area contributed by atoms with Gasteiger partial charge in [0.2, 0.25) is 5.91 Å². The molecule has 1 N–H and O–H groups in total. The minimum Gasteiger partial charge on any atom is -0.351 e. The third-order valence-electron chi connectivity index (χ3n) is 3.67. The van der Waals surface area contributed by atoms with Crippen LogP contribution < -0.4 is 5.32 Å². The van der Waals surface area contributed by atoms with E-state index < -0.39 is 0 Å². The van der Waals surface area contributed by atoms with Gasteiger partial charge in [-0.15, -0.1) is 10.2 Å². The number of hydrogen-bond acceptors (Lipinski definition) is 4. The fourth-order valence-electron chi connectivity index (χ4n) is 2.31. The van der Waals surface area contributed by atoms with E-state index >= 15 is 0 Å². The smallest absolute Gasteiger partial charge is 0.230 e. The van der Waals surface area contributed by atoms with E-state index in [-0.39, 0.29) is 11.7 Å². The molecule has 0 fully saturated rings. The molecule has 0 saturated carbocycles. The van der Waals surface area contributed by atoms with Crippen LogP contribution in [0.25, 0.3) is 5.69 Å². The zero-order chi connectivity index (χ0) is 17.6. The van der Waals surface area contributed by atoms with E-state index in [9.17, 15) is 4.79 Å². The summed E-state index contributed by atoms with van der Waals surface area (Å²) in [5.74, 6) is 0.222. The number of nitrogens with one attached hydrogen (secondary N) is 1. The first-order chi connectivity index (χ1) is 12.1. The molecule has 2 aromatic carbocycles. The number of carbonyl (C=O) groups is 1. The van der Waals surface area contributed by atoms with Gasteiger partial charge in [-0.05, 0) is 36.2 Å². The van der Waals surface area contributed by atoms with E-state index in [1.165, 1.54) is 11.8 Å². The molecule has 0 aliphatic carbocycles. The fourth-order valence-corrected chi connectivity index (χ4v) is 3.25. The molecular weight excluding hydrogens is 356 g/mol. The zero-order valence-corrected chi connectivity index (χ0v) is 15.2. The van der Waals surface area contributed by atoms with Gasteiger partial charge in [0.25, 0.3) is 0 Å². The quantitative estimate of drug-likeness (QED) is 0.671. The van der Waals surface area contributed by atoms with Gasteiger partial charge in [-0.25, -0.2) is 0 Å². The standard InChI is InChI=1S/C18H17ClN4OS/c1-13-5-2-3-6-14(13)10-20-17(24)11-25-18-22-21-12-23(18)16-8-4-7-15(19)9-16/h2-9,12H,10-11H2,1H3,(H,20,24). The molecule has 0 aliphatic heterocycles. The Kier molecular flexibility index (Phi) is 5.73. The van der Waals surface area contributed by atoms with Gasteiger partial charge < -0.3 is 5.32 Å². The number of benzene rings is 2. The molecule has 7 heteroatoms. The Morgan fingerprint density at radius 2 is 2.08 bits per heavy atom. The van der Waals surface area contributed by atoms with Gasteiger partial charge in [0.05, 0.1) is 11.4 Å². The molecule has 5 nitrogen and oxygen atoms in total. The van der Waals surface area contributed by atoms with Gasteiger partial charge in [-0.1, -0.05) is 53.7 Å². The van der Waals surface area contributed by atoms with Crippen molar-refractivity contribution in [2.45, 2.75) is 18.6 Å². The van der Waals surface area contributed by atoms with Crippen molar-refractivity contribution in [3.63, 3.8) is 0 Å². The van der Waals surface area contributed by atoms with Crippen LogP contribution in [-0.4, -0.2) is 26.4 Å². The Balaban J connectivity index is 1.58. The largest absolute Gasteiger partial charge is 0.351 e. The van der Waals surface area contributed by atoms with Gasteiger partial charge in [0.1, 0.15) is 6.33 Å². The Hall–Kier alpha value is -2.31. The lowest BCUT2D eigenvalue weighted by molar-refractivity contribution is -0.118. The predicted octanol–water partition coefficient (Wildman–Crippen LogP) is 3.64. The molecule has 25 heavy (non-hydrogen) atoms. The number of carbonyl (C=O) groups excluding carboxylic acids is 1. The Labute approximate surface area is 155 Å². The lowest BCUT2D eigenvalue weighted by atomic mass is 10.1. The highest BCUT2D eigenvalue weighted by atomic mass is 35.5. The highest BCUT2D eigenvalue weighted by Gasteiger charge is 2.10. The molecule has 0 aliphatic rings. The Morgan fingerprint density at radius 3 is 2.88 bits per heavy atom. The molecule has 0 atom stereocenters. The first-order valence-corrected chi connectivity index (χ1v) is 9.10. The van der Waals surface area contributed by atoms with Crippen molar-refractivity contribution in [3.8, 4) is 5.69 Å². The van der Waals surface area contributed by atoms with Crippen molar-refractivity contribution in [3.05, 3.63) is 71.0 Å². The van der Waals surface area contributed by atoms with Gasteiger partial charge in [-0.2, -0.15) is 0 Å².